The minimum atomic E-state index is -0.525. The molecule has 1 heterocycles. The summed E-state index contributed by atoms with van der Waals surface area (Å²) >= 11 is 0. The van der Waals surface area contributed by atoms with Gasteiger partial charge in [0, 0.05) is 11.3 Å². The molecule has 0 bridgehead atoms. The van der Waals surface area contributed by atoms with Gasteiger partial charge in [0.05, 0.1) is 11.9 Å². The van der Waals surface area contributed by atoms with Crippen molar-refractivity contribution in [2.75, 3.05) is 5.32 Å². The topological polar surface area (TPSA) is 92.2 Å². The molecule has 0 aliphatic heterocycles. The maximum atomic E-state index is 12.1. The molecule has 1 aromatic heterocycles. The number of amides is 1. The summed E-state index contributed by atoms with van der Waals surface area (Å²) in [5.41, 5.74) is 2.86. The molecule has 0 radical (unpaired) electrons. The van der Waals surface area contributed by atoms with Crippen LogP contribution in [0.2, 0.25) is 0 Å². The molecule has 6 nitrogen and oxygen atoms in total. The molecule has 0 spiro atoms. The SMILES string of the molecule is CC(=O)c1cccc(NC(=O)Cc2ccc3oc(=O)[nH]c3c2)c1. The van der Waals surface area contributed by atoms with Crippen molar-refractivity contribution in [1.29, 1.82) is 0 Å². The summed E-state index contributed by atoms with van der Waals surface area (Å²) in [6, 6.07) is 11.8. The average molecular weight is 310 g/mol. The lowest BCUT2D eigenvalue weighted by Crippen LogP contribution is -2.14. The smallest absolute Gasteiger partial charge is 0.408 e. The summed E-state index contributed by atoms with van der Waals surface area (Å²) in [5, 5.41) is 2.75. The third-order valence-corrected chi connectivity index (χ3v) is 3.40. The highest BCUT2D eigenvalue weighted by molar-refractivity contribution is 5.97. The Bertz CT molecular complexity index is 952. The number of oxazole rings is 1. The molecule has 1 amide bonds. The minimum absolute atomic E-state index is 0.0598. The molecular formula is C17H14N2O4. The number of anilines is 1. The van der Waals surface area contributed by atoms with Crippen molar-refractivity contribution in [2.24, 2.45) is 0 Å². The largest absolute Gasteiger partial charge is 0.417 e. The number of hydrogen-bond donors (Lipinski definition) is 2. The number of hydrogen-bond acceptors (Lipinski definition) is 4. The number of aromatic amines is 1. The fourth-order valence-corrected chi connectivity index (χ4v) is 2.32. The van der Waals surface area contributed by atoms with Crippen molar-refractivity contribution in [3.63, 3.8) is 0 Å². The lowest BCUT2D eigenvalue weighted by molar-refractivity contribution is -0.115. The van der Waals surface area contributed by atoms with Gasteiger partial charge in [0.25, 0.3) is 0 Å². The van der Waals surface area contributed by atoms with E-state index in [0.29, 0.717) is 22.4 Å². The fraction of sp³-hybridized carbons (Fsp3) is 0.118. The highest BCUT2D eigenvalue weighted by Gasteiger charge is 2.08. The molecule has 0 saturated heterocycles. The molecule has 2 aromatic carbocycles. The predicted molar refractivity (Wildman–Crippen MR) is 85.6 cm³/mol. The number of ketones is 1. The van der Waals surface area contributed by atoms with Crippen LogP contribution in [0.4, 0.5) is 5.69 Å². The van der Waals surface area contributed by atoms with Crippen molar-refractivity contribution in [3.05, 3.63) is 64.1 Å². The third-order valence-electron chi connectivity index (χ3n) is 3.40. The number of fused-ring (bicyclic) bond motifs is 1. The van der Waals surface area contributed by atoms with Gasteiger partial charge in [-0.15, -0.1) is 0 Å². The van der Waals surface area contributed by atoms with Crippen molar-refractivity contribution in [3.8, 4) is 0 Å². The van der Waals surface area contributed by atoms with Crippen LogP contribution in [-0.2, 0) is 11.2 Å². The minimum Gasteiger partial charge on any atom is -0.408 e. The van der Waals surface area contributed by atoms with Gasteiger partial charge < -0.3 is 9.73 Å². The van der Waals surface area contributed by atoms with Gasteiger partial charge in [-0.2, -0.15) is 0 Å². The number of rotatable bonds is 4. The quantitative estimate of drug-likeness (QED) is 0.724. The van der Waals surface area contributed by atoms with Crippen LogP contribution in [-0.4, -0.2) is 16.7 Å². The highest BCUT2D eigenvalue weighted by Crippen LogP contribution is 2.15. The fourth-order valence-electron chi connectivity index (χ4n) is 2.32. The van der Waals surface area contributed by atoms with Gasteiger partial charge in [-0.25, -0.2) is 4.79 Å². The molecule has 23 heavy (non-hydrogen) atoms. The Morgan fingerprint density at radius 2 is 2.00 bits per heavy atom. The summed E-state index contributed by atoms with van der Waals surface area (Å²) in [7, 11) is 0. The molecule has 0 saturated carbocycles. The first kappa shape index (κ1) is 14.8. The number of nitrogens with one attached hydrogen (secondary N) is 2. The zero-order valence-electron chi connectivity index (χ0n) is 12.4. The lowest BCUT2D eigenvalue weighted by Gasteiger charge is -2.06. The summed E-state index contributed by atoms with van der Waals surface area (Å²) in [5.74, 6) is -0.797. The van der Waals surface area contributed by atoms with E-state index in [1.54, 1.807) is 42.5 Å². The molecule has 6 heteroatoms. The predicted octanol–water partition coefficient (Wildman–Crippen LogP) is 2.50. The average Bonchev–Trinajstić information content (AvgIpc) is 2.86. The van der Waals surface area contributed by atoms with Crippen LogP contribution in [0.5, 0.6) is 0 Å². The molecule has 0 atom stereocenters. The Hall–Kier alpha value is -3.15. The van der Waals surface area contributed by atoms with E-state index in [2.05, 4.69) is 10.3 Å². The lowest BCUT2D eigenvalue weighted by atomic mass is 10.1. The van der Waals surface area contributed by atoms with Crippen LogP contribution in [0.3, 0.4) is 0 Å². The molecule has 0 aliphatic carbocycles. The van der Waals surface area contributed by atoms with Crippen LogP contribution >= 0.6 is 0 Å². The summed E-state index contributed by atoms with van der Waals surface area (Å²) in [6.45, 7) is 1.47. The van der Waals surface area contributed by atoms with E-state index in [4.69, 9.17) is 4.42 Å². The van der Waals surface area contributed by atoms with Gasteiger partial charge in [-0.1, -0.05) is 18.2 Å². The molecule has 3 aromatic rings. The van der Waals surface area contributed by atoms with E-state index < -0.39 is 5.76 Å². The van der Waals surface area contributed by atoms with Crippen LogP contribution in [0, 0.1) is 0 Å². The number of H-pyrrole nitrogens is 1. The normalized spacial score (nSPS) is 10.7. The van der Waals surface area contributed by atoms with Gasteiger partial charge in [0.2, 0.25) is 5.91 Å². The Morgan fingerprint density at radius 3 is 2.78 bits per heavy atom. The van der Waals surface area contributed by atoms with Gasteiger partial charge >= 0.3 is 5.76 Å². The Kier molecular flexibility index (Phi) is 3.80. The molecule has 2 N–H and O–H groups in total. The first-order chi connectivity index (χ1) is 11.0. The summed E-state index contributed by atoms with van der Waals surface area (Å²) in [6.07, 6.45) is 0.146. The van der Waals surface area contributed by atoms with Crippen molar-refractivity contribution in [2.45, 2.75) is 13.3 Å². The van der Waals surface area contributed by atoms with Gasteiger partial charge in [0.15, 0.2) is 11.4 Å². The molecule has 116 valence electrons. The van der Waals surface area contributed by atoms with Crippen LogP contribution in [0.25, 0.3) is 11.1 Å². The monoisotopic (exact) mass is 310 g/mol. The van der Waals surface area contributed by atoms with Crippen LogP contribution < -0.4 is 11.1 Å². The highest BCUT2D eigenvalue weighted by atomic mass is 16.4. The maximum Gasteiger partial charge on any atom is 0.417 e. The van der Waals surface area contributed by atoms with Gasteiger partial charge in [0.1, 0.15) is 0 Å². The molecular weight excluding hydrogens is 296 g/mol. The van der Waals surface area contributed by atoms with E-state index >= 15 is 0 Å². The van der Waals surface area contributed by atoms with E-state index in [9.17, 15) is 14.4 Å². The van der Waals surface area contributed by atoms with E-state index in [0.717, 1.165) is 5.56 Å². The first-order valence-corrected chi connectivity index (χ1v) is 7.04. The second-order valence-electron chi connectivity index (χ2n) is 5.21. The second kappa shape index (κ2) is 5.92. The molecule has 0 unspecified atom stereocenters. The van der Waals surface area contributed by atoms with Gasteiger partial charge in [-0.3, -0.25) is 14.6 Å². The van der Waals surface area contributed by atoms with Crippen molar-refractivity contribution in [1.82, 2.24) is 4.98 Å². The zero-order chi connectivity index (χ0) is 16.4. The Balaban J connectivity index is 1.74. The second-order valence-corrected chi connectivity index (χ2v) is 5.21. The van der Waals surface area contributed by atoms with E-state index in [1.807, 2.05) is 0 Å². The van der Waals surface area contributed by atoms with Crippen LogP contribution in [0.15, 0.2) is 51.7 Å². The van der Waals surface area contributed by atoms with Crippen LogP contribution in [0.1, 0.15) is 22.8 Å². The maximum absolute atomic E-state index is 12.1. The standard InChI is InChI=1S/C17H14N2O4/c1-10(20)12-3-2-4-13(9-12)18-16(21)8-11-5-6-15-14(7-11)19-17(22)23-15/h2-7,9H,8H2,1H3,(H,18,21)(H,19,22). The molecule has 0 fully saturated rings. The summed E-state index contributed by atoms with van der Waals surface area (Å²) < 4.78 is 4.92. The van der Waals surface area contributed by atoms with E-state index in [1.165, 1.54) is 6.92 Å². The number of carbonyl (C=O) groups excluding carboxylic acids is 2. The Labute approximate surface area is 131 Å². The van der Waals surface area contributed by atoms with Crippen molar-refractivity contribution < 1.29 is 14.0 Å². The number of carbonyl (C=O) groups is 2. The van der Waals surface area contributed by atoms with Gasteiger partial charge in [-0.05, 0) is 36.8 Å². The molecule has 3 rings (SSSR count). The molecule has 0 aliphatic rings. The number of aromatic nitrogens is 1. The Morgan fingerprint density at radius 1 is 1.17 bits per heavy atom. The number of benzene rings is 2. The third kappa shape index (κ3) is 3.37. The zero-order valence-corrected chi connectivity index (χ0v) is 12.4. The number of Topliss-reactive ketones (excluding diaryl/α,β-unsaturated/α-hetero) is 1. The van der Waals surface area contributed by atoms with Crippen molar-refractivity contribution >= 4 is 28.5 Å². The summed E-state index contributed by atoms with van der Waals surface area (Å²) in [4.78, 5) is 37.1. The van der Waals surface area contributed by atoms with E-state index in [-0.39, 0.29) is 18.1 Å². The first-order valence-electron chi connectivity index (χ1n) is 7.04.